The van der Waals surface area contributed by atoms with E-state index in [0.29, 0.717) is 35.2 Å². The molecule has 20 heavy (non-hydrogen) atoms. The summed E-state index contributed by atoms with van der Waals surface area (Å²) in [6.45, 7) is 5.16. The molecule has 2 aromatic rings. The molecule has 0 fully saturated rings. The summed E-state index contributed by atoms with van der Waals surface area (Å²) in [5.41, 5.74) is 1.78. The van der Waals surface area contributed by atoms with Crippen molar-refractivity contribution in [2.45, 2.75) is 19.7 Å². The van der Waals surface area contributed by atoms with Crippen molar-refractivity contribution in [3.63, 3.8) is 0 Å². The van der Waals surface area contributed by atoms with Gasteiger partial charge in [0.15, 0.2) is 5.43 Å². The number of amides is 1. The first-order valence-electron chi connectivity index (χ1n) is 6.61. The van der Waals surface area contributed by atoms with Crippen LogP contribution >= 0.6 is 11.6 Å². The third-order valence-electron chi connectivity index (χ3n) is 3.33. The molecule has 1 aromatic carbocycles. The molecule has 5 heteroatoms. The van der Waals surface area contributed by atoms with Crippen LogP contribution in [0, 0.1) is 0 Å². The van der Waals surface area contributed by atoms with E-state index >= 15 is 0 Å². The molecule has 0 aliphatic heterocycles. The number of alkyl halides is 1. The molecule has 106 valence electrons. The van der Waals surface area contributed by atoms with E-state index in [1.807, 2.05) is 13.8 Å². The minimum Gasteiger partial charge on any atom is -0.357 e. The molecule has 0 atom stereocenters. The number of carbonyl (C=O) groups is 1. The summed E-state index contributed by atoms with van der Waals surface area (Å²) in [7, 11) is 0. The average molecular weight is 293 g/mol. The van der Waals surface area contributed by atoms with E-state index in [0.717, 1.165) is 0 Å². The van der Waals surface area contributed by atoms with Crippen molar-refractivity contribution in [1.82, 2.24) is 9.88 Å². The smallest absolute Gasteiger partial charge is 0.253 e. The fourth-order valence-corrected chi connectivity index (χ4v) is 2.34. The van der Waals surface area contributed by atoms with Gasteiger partial charge in [-0.05, 0) is 32.0 Å². The van der Waals surface area contributed by atoms with Crippen LogP contribution < -0.4 is 5.43 Å². The minimum atomic E-state index is -0.122. The molecule has 0 bridgehead atoms. The van der Waals surface area contributed by atoms with Gasteiger partial charge in [-0.1, -0.05) is 0 Å². The first-order valence-corrected chi connectivity index (χ1v) is 7.15. The largest absolute Gasteiger partial charge is 0.357 e. The Hall–Kier alpha value is -1.81. The lowest BCUT2D eigenvalue weighted by Crippen LogP contribution is -2.30. The van der Waals surface area contributed by atoms with Crippen molar-refractivity contribution in [3.05, 3.63) is 45.7 Å². The van der Waals surface area contributed by atoms with Gasteiger partial charge in [-0.3, -0.25) is 9.59 Å². The zero-order valence-electron chi connectivity index (χ0n) is 11.6. The SMILES string of the molecule is CCN(CC)C(=O)c1ccc2[nH]c(CCl)cc(=O)c2c1. The highest BCUT2D eigenvalue weighted by molar-refractivity contribution is 6.17. The molecule has 0 unspecified atom stereocenters. The molecule has 0 aliphatic rings. The number of benzene rings is 1. The summed E-state index contributed by atoms with van der Waals surface area (Å²) in [5.74, 6) is 0.198. The second-order valence-electron chi connectivity index (χ2n) is 4.53. The number of aromatic nitrogens is 1. The fraction of sp³-hybridized carbons (Fsp3) is 0.333. The van der Waals surface area contributed by atoms with Crippen molar-refractivity contribution in [2.75, 3.05) is 13.1 Å². The number of nitrogens with zero attached hydrogens (tertiary/aromatic N) is 1. The number of nitrogens with one attached hydrogen (secondary N) is 1. The normalized spacial score (nSPS) is 10.8. The van der Waals surface area contributed by atoms with E-state index in [2.05, 4.69) is 4.98 Å². The highest BCUT2D eigenvalue weighted by Crippen LogP contribution is 2.14. The van der Waals surface area contributed by atoms with Crippen LogP contribution in [0.5, 0.6) is 0 Å². The molecule has 1 heterocycles. The van der Waals surface area contributed by atoms with Gasteiger partial charge in [0.1, 0.15) is 0 Å². The Labute approximate surface area is 122 Å². The molecule has 0 spiro atoms. The van der Waals surface area contributed by atoms with Crippen molar-refractivity contribution in [1.29, 1.82) is 0 Å². The molecular formula is C15H17ClN2O2. The molecule has 1 amide bonds. The minimum absolute atomic E-state index is 0.0577. The lowest BCUT2D eigenvalue weighted by Gasteiger charge is -2.18. The van der Waals surface area contributed by atoms with E-state index < -0.39 is 0 Å². The second kappa shape index (κ2) is 6.09. The number of pyridine rings is 1. The zero-order valence-corrected chi connectivity index (χ0v) is 12.3. The Kier molecular flexibility index (Phi) is 4.45. The fourth-order valence-electron chi connectivity index (χ4n) is 2.20. The van der Waals surface area contributed by atoms with Crippen molar-refractivity contribution in [2.24, 2.45) is 0 Å². The summed E-state index contributed by atoms with van der Waals surface area (Å²) in [5, 5.41) is 0.511. The summed E-state index contributed by atoms with van der Waals surface area (Å²) >= 11 is 5.73. The topological polar surface area (TPSA) is 53.2 Å². The molecule has 0 radical (unpaired) electrons. The Bertz CT molecular complexity index is 690. The zero-order chi connectivity index (χ0) is 14.7. The molecule has 2 rings (SSSR count). The lowest BCUT2D eigenvalue weighted by atomic mass is 10.1. The van der Waals surface area contributed by atoms with Crippen molar-refractivity contribution < 1.29 is 4.79 Å². The highest BCUT2D eigenvalue weighted by Gasteiger charge is 2.13. The standard InChI is InChI=1S/C15H17ClN2O2/c1-3-18(4-2)15(20)10-5-6-13-12(7-10)14(19)8-11(9-16)17-13/h5-8H,3-4,9H2,1-2H3,(H,17,19). The quantitative estimate of drug-likeness (QED) is 0.881. The number of halogens is 1. The first-order chi connectivity index (χ1) is 9.60. The average Bonchev–Trinajstić information content (AvgIpc) is 2.47. The van der Waals surface area contributed by atoms with Gasteiger partial charge in [0.25, 0.3) is 5.91 Å². The molecule has 0 saturated carbocycles. The first kappa shape index (κ1) is 14.6. The van der Waals surface area contributed by atoms with Crippen LogP contribution in [0.4, 0.5) is 0 Å². The van der Waals surface area contributed by atoms with Crippen LogP contribution in [-0.4, -0.2) is 28.9 Å². The molecular weight excluding hydrogens is 276 g/mol. The number of H-pyrrole nitrogens is 1. The number of hydrogen-bond acceptors (Lipinski definition) is 2. The highest BCUT2D eigenvalue weighted by atomic mass is 35.5. The Morgan fingerprint density at radius 1 is 1.25 bits per heavy atom. The predicted molar refractivity (Wildman–Crippen MR) is 81.4 cm³/mol. The molecule has 1 aromatic heterocycles. The van der Waals surface area contributed by atoms with Crippen molar-refractivity contribution in [3.8, 4) is 0 Å². The maximum Gasteiger partial charge on any atom is 0.253 e. The van der Waals surface area contributed by atoms with Crippen LogP contribution in [0.15, 0.2) is 29.1 Å². The van der Waals surface area contributed by atoms with Gasteiger partial charge in [-0.2, -0.15) is 0 Å². The van der Waals surface area contributed by atoms with E-state index in [1.165, 1.54) is 6.07 Å². The molecule has 4 nitrogen and oxygen atoms in total. The van der Waals surface area contributed by atoms with Crippen molar-refractivity contribution >= 4 is 28.4 Å². The van der Waals surface area contributed by atoms with E-state index in [1.54, 1.807) is 23.1 Å². The van der Waals surface area contributed by atoms with Gasteiger partial charge in [0.2, 0.25) is 0 Å². The Morgan fingerprint density at radius 2 is 1.95 bits per heavy atom. The van der Waals surface area contributed by atoms with E-state index in [9.17, 15) is 9.59 Å². The number of aromatic amines is 1. The van der Waals surface area contributed by atoms with Gasteiger partial charge in [-0.15, -0.1) is 11.6 Å². The Morgan fingerprint density at radius 3 is 2.55 bits per heavy atom. The lowest BCUT2D eigenvalue weighted by molar-refractivity contribution is 0.0773. The molecule has 0 aliphatic carbocycles. The van der Waals surface area contributed by atoms with Gasteiger partial charge in [-0.25, -0.2) is 0 Å². The van der Waals surface area contributed by atoms with Crippen LogP contribution in [0.25, 0.3) is 10.9 Å². The van der Waals surface area contributed by atoms with Gasteiger partial charge in [0, 0.05) is 41.3 Å². The molecule has 1 N–H and O–H groups in total. The number of fused-ring (bicyclic) bond motifs is 1. The van der Waals surface area contributed by atoms with Crippen LogP contribution in [-0.2, 0) is 5.88 Å². The number of carbonyl (C=O) groups excluding carboxylic acids is 1. The summed E-state index contributed by atoms with van der Waals surface area (Å²) in [6, 6.07) is 6.61. The van der Waals surface area contributed by atoms with Gasteiger partial charge < -0.3 is 9.88 Å². The van der Waals surface area contributed by atoms with Crippen LogP contribution in [0.3, 0.4) is 0 Å². The number of hydrogen-bond donors (Lipinski definition) is 1. The van der Waals surface area contributed by atoms with E-state index in [-0.39, 0.29) is 17.2 Å². The maximum absolute atomic E-state index is 12.3. The molecule has 0 saturated heterocycles. The third-order valence-corrected chi connectivity index (χ3v) is 3.62. The second-order valence-corrected chi connectivity index (χ2v) is 4.80. The van der Waals surface area contributed by atoms with Crippen LogP contribution in [0.2, 0.25) is 0 Å². The van der Waals surface area contributed by atoms with Crippen LogP contribution in [0.1, 0.15) is 29.9 Å². The predicted octanol–water partition coefficient (Wildman–Crippen LogP) is 2.75. The van der Waals surface area contributed by atoms with Gasteiger partial charge >= 0.3 is 0 Å². The third kappa shape index (κ3) is 2.70. The maximum atomic E-state index is 12.3. The summed E-state index contributed by atoms with van der Waals surface area (Å²) < 4.78 is 0. The number of rotatable bonds is 4. The summed E-state index contributed by atoms with van der Waals surface area (Å²) in [6.07, 6.45) is 0. The summed E-state index contributed by atoms with van der Waals surface area (Å²) in [4.78, 5) is 29.1. The van der Waals surface area contributed by atoms with E-state index in [4.69, 9.17) is 11.6 Å². The monoisotopic (exact) mass is 292 g/mol. The van der Waals surface area contributed by atoms with Gasteiger partial charge in [0.05, 0.1) is 5.88 Å². The Balaban J connectivity index is 2.52.